The SMILES string of the molecule is C[C@H]1C[C@@H](NC(=O)Cc2cccc3ccccc23)CC(C)(C)C1. The van der Waals surface area contributed by atoms with E-state index in [2.05, 4.69) is 50.4 Å². The van der Waals surface area contributed by atoms with Crippen LogP contribution < -0.4 is 5.32 Å². The first-order valence-electron chi connectivity index (χ1n) is 8.69. The van der Waals surface area contributed by atoms with Crippen molar-refractivity contribution in [3.05, 3.63) is 48.0 Å². The number of amides is 1. The van der Waals surface area contributed by atoms with Crippen molar-refractivity contribution in [2.24, 2.45) is 11.3 Å². The summed E-state index contributed by atoms with van der Waals surface area (Å²) in [5, 5.41) is 5.66. The van der Waals surface area contributed by atoms with E-state index in [9.17, 15) is 4.79 Å². The van der Waals surface area contributed by atoms with E-state index >= 15 is 0 Å². The molecule has 122 valence electrons. The molecule has 2 aromatic rings. The summed E-state index contributed by atoms with van der Waals surface area (Å²) in [6.07, 6.45) is 3.90. The lowest BCUT2D eigenvalue weighted by Gasteiger charge is -2.39. The van der Waals surface area contributed by atoms with Crippen LogP contribution in [0.2, 0.25) is 0 Å². The average Bonchev–Trinajstić information content (AvgIpc) is 2.45. The smallest absolute Gasteiger partial charge is 0.224 e. The van der Waals surface area contributed by atoms with E-state index in [1.165, 1.54) is 17.2 Å². The number of benzene rings is 2. The molecule has 0 heterocycles. The number of hydrogen-bond donors (Lipinski definition) is 1. The zero-order valence-corrected chi connectivity index (χ0v) is 14.4. The molecule has 0 saturated heterocycles. The van der Waals surface area contributed by atoms with Gasteiger partial charge in [0.05, 0.1) is 6.42 Å². The molecule has 23 heavy (non-hydrogen) atoms. The first-order valence-corrected chi connectivity index (χ1v) is 8.69. The van der Waals surface area contributed by atoms with E-state index in [1.54, 1.807) is 0 Å². The summed E-state index contributed by atoms with van der Waals surface area (Å²) >= 11 is 0. The molecule has 1 N–H and O–H groups in total. The van der Waals surface area contributed by atoms with Crippen LogP contribution in [0.15, 0.2) is 42.5 Å². The van der Waals surface area contributed by atoms with Crippen LogP contribution in [0.25, 0.3) is 10.8 Å². The van der Waals surface area contributed by atoms with E-state index in [1.807, 2.05) is 18.2 Å². The van der Waals surface area contributed by atoms with Crippen LogP contribution in [0.1, 0.15) is 45.6 Å². The van der Waals surface area contributed by atoms with Gasteiger partial charge in [0.1, 0.15) is 0 Å². The standard InChI is InChI=1S/C21H27NO/c1-15-11-18(14-21(2,3)13-15)22-20(23)12-17-9-6-8-16-7-4-5-10-19(16)17/h4-10,15,18H,11-14H2,1-3H3,(H,22,23)/t15-,18+/m0/s1. The van der Waals surface area contributed by atoms with Gasteiger partial charge in [-0.15, -0.1) is 0 Å². The highest BCUT2D eigenvalue weighted by Gasteiger charge is 2.32. The Morgan fingerprint density at radius 1 is 1.13 bits per heavy atom. The van der Waals surface area contributed by atoms with Crippen LogP contribution in [0, 0.1) is 11.3 Å². The third-order valence-corrected chi connectivity index (χ3v) is 4.98. The molecule has 0 unspecified atom stereocenters. The second kappa shape index (κ2) is 6.35. The summed E-state index contributed by atoms with van der Waals surface area (Å²) in [6, 6.07) is 14.8. The van der Waals surface area contributed by atoms with Crippen molar-refractivity contribution in [2.75, 3.05) is 0 Å². The Labute approximate surface area is 139 Å². The number of carbonyl (C=O) groups excluding carboxylic acids is 1. The average molecular weight is 309 g/mol. The molecule has 0 aliphatic heterocycles. The van der Waals surface area contributed by atoms with Crippen molar-refractivity contribution in [3.8, 4) is 0 Å². The van der Waals surface area contributed by atoms with Gasteiger partial charge in [-0.25, -0.2) is 0 Å². The van der Waals surface area contributed by atoms with Crippen LogP contribution >= 0.6 is 0 Å². The van der Waals surface area contributed by atoms with Crippen LogP contribution in [0.5, 0.6) is 0 Å². The molecule has 2 aromatic carbocycles. The molecule has 2 heteroatoms. The molecule has 2 nitrogen and oxygen atoms in total. The van der Waals surface area contributed by atoms with Crippen LogP contribution in [0.4, 0.5) is 0 Å². The maximum absolute atomic E-state index is 12.5. The van der Waals surface area contributed by atoms with E-state index < -0.39 is 0 Å². The largest absolute Gasteiger partial charge is 0.353 e. The quantitative estimate of drug-likeness (QED) is 0.874. The summed E-state index contributed by atoms with van der Waals surface area (Å²) in [7, 11) is 0. The molecule has 2 atom stereocenters. The summed E-state index contributed by atoms with van der Waals surface area (Å²) < 4.78 is 0. The van der Waals surface area contributed by atoms with Gasteiger partial charge in [-0.2, -0.15) is 0 Å². The maximum atomic E-state index is 12.5. The van der Waals surface area contributed by atoms with Gasteiger partial charge >= 0.3 is 0 Å². The van der Waals surface area contributed by atoms with Gasteiger partial charge in [0.25, 0.3) is 0 Å². The van der Waals surface area contributed by atoms with Crippen LogP contribution in [0.3, 0.4) is 0 Å². The lowest BCUT2D eigenvalue weighted by Crippen LogP contribution is -2.43. The van der Waals surface area contributed by atoms with Crippen molar-refractivity contribution in [3.63, 3.8) is 0 Å². The summed E-state index contributed by atoms with van der Waals surface area (Å²) in [5.41, 5.74) is 1.44. The van der Waals surface area contributed by atoms with Crippen molar-refractivity contribution < 1.29 is 4.79 Å². The van der Waals surface area contributed by atoms with Gasteiger partial charge in [0.2, 0.25) is 5.91 Å². The van der Waals surface area contributed by atoms with Gasteiger partial charge in [0, 0.05) is 6.04 Å². The molecular weight excluding hydrogens is 282 g/mol. The first-order chi connectivity index (χ1) is 10.9. The predicted molar refractivity (Wildman–Crippen MR) is 96.4 cm³/mol. The van der Waals surface area contributed by atoms with Crippen LogP contribution in [-0.4, -0.2) is 11.9 Å². The number of rotatable bonds is 3. The topological polar surface area (TPSA) is 29.1 Å². The Kier molecular flexibility index (Phi) is 4.43. The highest BCUT2D eigenvalue weighted by molar-refractivity contribution is 5.90. The highest BCUT2D eigenvalue weighted by Crippen LogP contribution is 2.38. The number of carbonyl (C=O) groups is 1. The van der Waals surface area contributed by atoms with Crippen LogP contribution in [-0.2, 0) is 11.2 Å². The molecule has 0 spiro atoms. The molecule has 1 aliphatic carbocycles. The van der Waals surface area contributed by atoms with Crippen molar-refractivity contribution in [2.45, 2.75) is 52.5 Å². The molecular formula is C21H27NO. The second-order valence-corrected chi connectivity index (χ2v) is 7.99. The number of fused-ring (bicyclic) bond motifs is 1. The Bertz CT molecular complexity index is 699. The van der Waals surface area contributed by atoms with Gasteiger partial charge in [-0.3, -0.25) is 4.79 Å². The fourth-order valence-corrected chi connectivity index (χ4v) is 4.35. The monoisotopic (exact) mass is 309 g/mol. The Balaban J connectivity index is 1.69. The molecule has 0 aromatic heterocycles. The number of nitrogens with one attached hydrogen (secondary N) is 1. The summed E-state index contributed by atoms with van der Waals surface area (Å²) in [4.78, 5) is 12.5. The number of hydrogen-bond acceptors (Lipinski definition) is 1. The first kappa shape index (κ1) is 16.0. The predicted octanol–water partition coefficient (Wildman–Crippen LogP) is 4.71. The lowest BCUT2D eigenvalue weighted by atomic mass is 9.70. The highest BCUT2D eigenvalue weighted by atomic mass is 16.1. The normalized spacial score (nSPS) is 23.6. The van der Waals surface area contributed by atoms with E-state index in [0.717, 1.165) is 18.4 Å². The van der Waals surface area contributed by atoms with Gasteiger partial charge in [-0.1, -0.05) is 63.2 Å². The zero-order valence-electron chi connectivity index (χ0n) is 14.4. The van der Waals surface area contributed by atoms with Gasteiger partial charge in [-0.05, 0) is 46.9 Å². The third-order valence-electron chi connectivity index (χ3n) is 4.98. The molecule has 1 fully saturated rings. The minimum atomic E-state index is 0.149. The van der Waals surface area contributed by atoms with Crippen molar-refractivity contribution in [1.82, 2.24) is 5.32 Å². The van der Waals surface area contributed by atoms with E-state index in [0.29, 0.717) is 23.8 Å². The zero-order chi connectivity index (χ0) is 16.4. The molecule has 1 amide bonds. The Morgan fingerprint density at radius 3 is 2.65 bits per heavy atom. The molecule has 0 bridgehead atoms. The van der Waals surface area contributed by atoms with E-state index in [-0.39, 0.29) is 5.91 Å². The minimum absolute atomic E-state index is 0.149. The van der Waals surface area contributed by atoms with E-state index in [4.69, 9.17) is 0 Å². The molecule has 1 saturated carbocycles. The van der Waals surface area contributed by atoms with Crippen molar-refractivity contribution >= 4 is 16.7 Å². The Hall–Kier alpha value is -1.83. The minimum Gasteiger partial charge on any atom is -0.353 e. The second-order valence-electron chi connectivity index (χ2n) is 7.99. The Morgan fingerprint density at radius 2 is 1.87 bits per heavy atom. The fraction of sp³-hybridized carbons (Fsp3) is 0.476. The van der Waals surface area contributed by atoms with Gasteiger partial charge in [0.15, 0.2) is 0 Å². The molecule has 0 radical (unpaired) electrons. The fourth-order valence-electron chi connectivity index (χ4n) is 4.35. The lowest BCUT2D eigenvalue weighted by molar-refractivity contribution is -0.121. The summed E-state index contributed by atoms with van der Waals surface area (Å²) in [6.45, 7) is 6.92. The van der Waals surface area contributed by atoms with Gasteiger partial charge < -0.3 is 5.32 Å². The summed E-state index contributed by atoms with van der Waals surface area (Å²) in [5.74, 6) is 0.831. The third kappa shape index (κ3) is 3.93. The van der Waals surface area contributed by atoms with Crippen molar-refractivity contribution in [1.29, 1.82) is 0 Å². The molecule has 3 rings (SSSR count). The molecule has 1 aliphatic rings. The maximum Gasteiger partial charge on any atom is 0.224 e.